The summed E-state index contributed by atoms with van der Waals surface area (Å²) in [5.74, 6) is 2.31. The molecule has 4 heterocycles. The zero-order chi connectivity index (χ0) is 18.3. The molecule has 1 aliphatic rings. The Kier molecular flexibility index (Phi) is 4.07. The van der Waals surface area contributed by atoms with Crippen molar-refractivity contribution in [2.75, 3.05) is 23.3 Å². The van der Waals surface area contributed by atoms with E-state index in [1.165, 1.54) is 0 Å². The van der Waals surface area contributed by atoms with Crippen LogP contribution in [-0.4, -0.2) is 43.9 Å². The van der Waals surface area contributed by atoms with Crippen LogP contribution in [0.15, 0.2) is 24.4 Å². The second-order valence-corrected chi connectivity index (χ2v) is 7.96. The highest BCUT2D eigenvalue weighted by Gasteiger charge is 2.21. The molecule has 0 aliphatic carbocycles. The second-order valence-electron chi connectivity index (χ2n) is 7.96. The summed E-state index contributed by atoms with van der Waals surface area (Å²) in [4.78, 5) is 6.98. The van der Waals surface area contributed by atoms with E-state index in [9.17, 15) is 0 Å². The van der Waals surface area contributed by atoms with Crippen molar-refractivity contribution < 1.29 is 0 Å². The molecular weight excluding hydrogens is 328 g/mol. The summed E-state index contributed by atoms with van der Waals surface area (Å²) < 4.78 is 1.86. The van der Waals surface area contributed by atoms with Gasteiger partial charge < -0.3 is 16.0 Å². The van der Waals surface area contributed by atoms with E-state index in [2.05, 4.69) is 46.3 Å². The standard InChI is InChI=1S/C18H26N8/c1-18(2,3)14-11-15(23-22-14)20-16-13-5-4-8-26(13)24-17(21-16)25-9-6-12(19)7-10-25/h4-5,8,11-12H,6-7,9-10,19H2,1-3H3,(H2,20,21,22,23,24). The van der Waals surface area contributed by atoms with E-state index in [-0.39, 0.29) is 11.5 Å². The fourth-order valence-electron chi connectivity index (χ4n) is 3.15. The number of nitrogens with two attached hydrogens (primary N) is 1. The minimum absolute atomic E-state index is 0.00972. The summed E-state index contributed by atoms with van der Waals surface area (Å²) in [5.41, 5.74) is 7.94. The maximum absolute atomic E-state index is 6.02. The van der Waals surface area contributed by atoms with Crippen LogP contribution in [0.1, 0.15) is 39.3 Å². The Morgan fingerprint density at radius 1 is 1.27 bits per heavy atom. The van der Waals surface area contributed by atoms with Crippen LogP contribution in [0, 0.1) is 0 Å². The van der Waals surface area contributed by atoms with Crippen molar-refractivity contribution in [3.63, 3.8) is 0 Å². The molecule has 0 spiro atoms. The van der Waals surface area contributed by atoms with E-state index in [0.29, 0.717) is 0 Å². The van der Waals surface area contributed by atoms with Crippen LogP contribution in [0.3, 0.4) is 0 Å². The quantitative estimate of drug-likeness (QED) is 0.668. The molecule has 0 bridgehead atoms. The lowest BCUT2D eigenvalue weighted by Crippen LogP contribution is -2.40. The molecule has 0 atom stereocenters. The number of nitrogens with zero attached hydrogens (tertiary/aromatic N) is 5. The lowest BCUT2D eigenvalue weighted by molar-refractivity contribution is 0.493. The number of hydrogen-bond donors (Lipinski definition) is 3. The predicted octanol–water partition coefficient (Wildman–Crippen LogP) is 2.42. The Bertz CT molecular complexity index is 895. The molecule has 8 nitrogen and oxygen atoms in total. The Morgan fingerprint density at radius 2 is 2.04 bits per heavy atom. The first-order valence-corrected chi connectivity index (χ1v) is 9.09. The van der Waals surface area contributed by atoms with Gasteiger partial charge in [0.1, 0.15) is 11.3 Å². The van der Waals surface area contributed by atoms with Crippen LogP contribution in [0.25, 0.3) is 5.52 Å². The Balaban J connectivity index is 1.65. The number of aromatic amines is 1. The van der Waals surface area contributed by atoms with Crippen LogP contribution in [0.2, 0.25) is 0 Å². The first-order valence-electron chi connectivity index (χ1n) is 9.09. The summed E-state index contributed by atoms with van der Waals surface area (Å²) in [5, 5.41) is 15.5. The molecule has 1 aliphatic heterocycles. The maximum atomic E-state index is 6.02. The molecule has 0 saturated carbocycles. The highest BCUT2D eigenvalue weighted by atomic mass is 15.4. The van der Waals surface area contributed by atoms with E-state index in [4.69, 9.17) is 10.7 Å². The molecule has 3 aromatic rings. The van der Waals surface area contributed by atoms with Crippen molar-refractivity contribution in [1.29, 1.82) is 0 Å². The summed E-state index contributed by atoms with van der Waals surface area (Å²) in [6.07, 6.45) is 3.87. The topological polar surface area (TPSA) is 100 Å². The van der Waals surface area contributed by atoms with Crippen LogP contribution in [0.4, 0.5) is 17.6 Å². The number of H-pyrrole nitrogens is 1. The maximum Gasteiger partial charge on any atom is 0.245 e. The predicted molar refractivity (Wildman–Crippen MR) is 103 cm³/mol. The molecule has 4 N–H and O–H groups in total. The first kappa shape index (κ1) is 16.8. The average Bonchev–Trinajstić information content (AvgIpc) is 3.24. The van der Waals surface area contributed by atoms with Gasteiger partial charge in [-0.1, -0.05) is 20.8 Å². The molecule has 3 aromatic heterocycles. The molecule has 1 fully saturated rings. The van der Waals surface area contributed by atoms with Crippen molar-refractivity contribution in [2.45, 2.75) is 45.1 Å². The fourth-order valence-corrected chi connectivity index (χ4v) is 3.15. The zero-order valence-electron chi connectivity index (χ0n) is 15.5. The molecular formula is C18H26N8. The molecule has 1 saturated heterocycles. The van der Waals surface area contributed by atoms with Gasteiger partial charge in [-0.05, 0) is 25.0 Å². The molecule has 4 rings (SSSR count). The van der Waals surface area contributed by atoms with Crippen molar-refractivity contribution in [3.8, 4) is 0 Å². The minimum atomic E-state index is -0.00972. The average molecular weight is 354 g/mol. The van der Waals surface area contributed by atoms with Crippen molar-refractivity contribution in [3.05, 3.63) is 30.1 Å². The summed E-state index contributed by atoms with van der Waals surface area (Å²) >= 11 is 0. The summed E-state index contributed by atoms with van der Waals surface area (Å²) in [6, 6.07) is 6.28. The van der Waals surface area contributed by atoms with Crippen molar-refractivity contribution in [1.82, 2.24) is 24.8 Å². The third-order valence-corrected chi connectivity index (χ3v) is 4.80. The SMILES string of the molecule is CC(C)(C)c1cc(Nc2nc(N3CCC(N)CC3)nn3cccc23)[nH]n1. The lowest BCUT2D eigenvalue weighted by atomic mass is 9.92. The van der Waals surface area contributed by atoms with Crippen LogP contribution < -0.4 is 16.0 Å². The summed E-state index contributed by atoms with van der Waals surface area (Å²) in [6.45, 7) is 8.18. The number of rotatable bonds is 3. The molecule has 138 valence electrons. The Hall–Kier alpha value is -2.61. The number of anilines is 3. The smallest absolute Gasteiger partial charge is 0.245 e. The van der Waals surface area contributed by atoms with Gasteiger partial charge in [0, 0.05) is 36.8 Å². The Labute approximate surface area is 152 Å². The van der Waals surface area contributed by atoms with Gasteiger partial charge in [0.25, 0.3) is 0 Å². The molecule has 8 heteroatoms. The van der Waals surface area contributed by atoms with E-state index in [1.54, 1.807) is 0 Å². The van der Waals surface area contributed by atoms with Crippen molar-refractivity contribution >= 4 is 23.1 Å². The van der Waals surface area contributed by atoms with Gasteiger partial charge in [-0.15, -0.1) is 5.10 Å². The largest absolute Gasteiger partial charge is 0.339 e. The molecule has 0 aromatic carbocycles. The van der Waals surface area contributed by atoms with Gasteiger partial charge in [0.05, 0.1) is 5.69 Å². The number of nitrogens with one attached hydrogen (secondary N) is 2. The fraction of sp³-hybridized carbons (Fsp3) is 0.500. The van der Waals surface area contributed by atoms with Gasteiger partial charge in [0.2, 0.25) is 5.95 Å². The number of aromatic nitrogens is 5. The van der Waals surface area contributed by atoms with Gasteiger partial charge in [-0.25, -0.2) is 4.52 Å². The minimum Gasteiger partial charge on any atom is -0.339 e. The molecule has 0 radical (unpaired) electrons. The van der Waals surface area contributed by atoms with Crippen LogP contribution in [0.5, 0.6) is 0 Å². The third-order valence-electron chi connectivity index (χ3n) is 4.80. The van der Waals surface area contributed by atoms with Crippen LogP contribution >= 0.6 is 0 Å². The van der Waals surface area contributed by atoms with Crippen molar-refractivity contribution in [2.24, 2.45) is 5.73 Å². The van der Waals surface area contributed by atoms with Gasteiger partial charge in [0.15, 0.2) is 5.82 Å². The van der Waals surface area contributed by atoms with Gasteiger partial charge in [-0.2, -0.15) is 10.1 Å². The lowest BCUT2D eigenvalue weighted by Gasteiger charge is -2.30. The summed E-state index contributed by atoms with van der Waals surface area (Å²) in [7, 11) is 0. The van der Waals surface area contributed by atoms with E-state index in [0.717, 1.165) is 54.7 Å². The number of piperidine rings is 1. The highest BCUT2D eigenvalue weighted by molar-refractivity contribution is 5.73. The van der Waals surface area contributed by atoms with E-state index >= 15 is 0 Å². The number of hydrogen-bond acceptors (Lipinski definition) is 6. The third kappa shape index (κ3) is 3.24. The highest BCUT2D eigenvalue weighted by Crippen LogP contribution is 2.26. The molecule has 0 amide bonds. The monoisotopic (exact) mass is 354 g/mol. The van der Waals surface area contributed by atoms with Gasteiger partial charge >= 0.3 is 0 Å². The second kappa shape index (κ2) is 6.28. The number of fused-ring (bicyclic) bond motifs is 1. The van der Waals surface area contributed by atoms with E-state index in [1.807, 2.05) is 28.9 Å². The Morgan fingerprint density at radius 3 is 2.73 bits per heavy atom. The van der Waals surface area contributed by atoms with Gasteiger partial charge in [-0.3, -0.25) is 5.10 Å². The normalized spacial score (nSPS) is 16.4. The van der Waals surface area contributed by atoms with E-state index < -0.39 is 0 Å². The molecule has 26 heavy (non-hydrogen) atoms. The zero-order valence-corrected chi connectivity index (χ0v) is 15.5. The first-order chi connectivity index (χ1) is 12.4. The van der Waals surface area contributed by atoms with Crippen LogP contribution in [-0.2, 0) is 5.41 Å². The molecule has 0 unspecified atom stereocenters.